The maximum absolute atomic E-state index is 10.3. The highest BCUT2D eigenvalue weighted by Gasteiger charge is 2.32. The highest BCUT2D eigenvalue weighted by Crippen LogP contribution is 2.23. The molecule has 3 rings (SSSR count). The van der Waals surface area contributed by atoms with Crippen molar-refractivity contribution in [2.45, 2.75) is 32.9 Å². The van der Waals surface area contributed by atoms with Crippen molar-refractivity contribution in [2.75, 3.05) is 13.1 Å². The third-order valence-corrected chi connectivity index (χ3v) is 4.13. The molecular formula is C16H21N3O2. The van der Waals surface area contributed by atoms with Gasteiger partial charge in [-0.15, -0.1) is 0 Å². The molecule has 0 aliphatic carbocycles. The number of aromatic nitrogens is 2. The second kappa shape index (κ2) is 5.95. The number of aliphatic hydroxyl groups is 1. The molecule has 2 atom stereocenters. The average Bonchev–Trinajstić information content (AvgIpc) is 3.00. The zero-order valence-corrected chi connectivity index (χ0v) is 12.5. The van der Waals surface area contributed by atoms with E-state index >= 15 is 0 Å². The van der Waals surface area contributed by atoms with Gasteiger partial charge in [0.15, 0.2) is 0 Å². The van der Waals surface area contributed by atoms with Gasteiger partial charge < -0.3 is 9.63 Å². The summed E-state index contributed by atoms with van der Waals surface area (Å²) in [5.74, 6) is 1.06. The molecule has 3 heterocycles. The van der Waals surface area contributed by atoms with Crippen molar-refractivity contribution >= 4 is 0 Å². The monoisotopic (exact) mass is 287 g/mol. The van der Waals surface area contributed by atoms with Crippen molar-refractivity contribution in [3.63, 3.8) is 0 Å². The third kappa shape index (κ3) is 3.31. The summed E-state index contributed by atoms with van der Waals surface area (Å²) in [5, 5.41) is 14.2. The lowest BCUT2D eigenvalue weighted by atomic mass is 10.0. The van der Waals surface area contributed by atoms with Gasteiger partial charge in [0.1, 0.15) is 5.76 Å². The Balaban J connectivity index is 1.62. The molecule has 5 heteroatoms. The Labute approximate surface area is 124 Å². The van der Waals surface area contributed by atoms with Gasteiger partial charge in [-0.1, -0.05) is 11.2 Å². The van der Waals surface area contributed by atoms with Crippen molar-refractivity contribution in [2.24, 2.45) is 5.92 Å². The Morgan fingerprint density at radius 2 is 2.24 bits per heavy atom. The fourth-order valence-corrected chi connectivity index (χ4v) is 2.97. The molecule has 0 saturated carbocycles. The molecule has 0 bridgehead atoms. The van der Waals surface area contributed by atoms with Gasteiger partial charge in [-0.05, 0) is 25.5 Å². The van der Waals surface area contributed by atoms with E-state index in [0.717, 1.165) is 36.7 Å². The lowest BCUT2D eigenvalue weighted by Gasteiger charge is -2.16. The molecule has 0 aromatic carbocycles. The van der Waals surface area contributed by atoms with Crippen LogP contribution in [0, 0.1) is 19.8 Å². The molecule has 0 spiro atoms. The van der Waals surface area contributed by atoms with Crippen molar-refractivity contribution in [3.8, 4) is 0 Å². The Bertz CT molecular complexity index is 611. The Kier molecular flexibility index (Phi) is 4.03. The molecule has 1 N–H and O–H groups in total. The lowest BCUT2D eigenvalue weighted by molar-refractivity contribution is 0.137. The highest BCUT2D eigenvalue weighted by atomic mass is 16.5. The topological polar surface area (TPSA) is 62.4 Å². The summed E-state index contributed by atoms with van der Waals surface area (Å²) in [6, 6.07) is 6.01. The standard InChI is InChI=1S/C16H21N3O2/c1-11-6-15(21-18-11)7-14-9-19(10-16(14)20)8-13-4-3-5-17-12(13)2/h3-6,14,16,20H,7-10H2,1-2H3/t14-,16-/m1/s1. The van der Waals surface area contributed by atoms with Crippen LogP contribution in [0.1, 0.15) is 22.7 Å². The van der Waals surface area contributed by atoms with Crippen LogP contribution >= 0.6 is 0 Å². The minimum absolute atomic E-state index is 0.203. The van der Waals surface area contributed by atoms with Crippen LogP contribution in [0.15, 0.2) is 28.9 Å². The molecule has 1 aliphatic heterocycles. The second-order valence-electron chi connectivity index (χ2n) is 5.91. The maximum Gasteiger partial charge on any atom is 0.137 e. The van der Waals surface area contributed by atoms with Crippen LogP contribution in [0.2, 0.25) is 0 Å². The molecule has 21 heavy (non-hydrogen) atoms. The number of likely N-dealkylation sites (tertiary alicyclic amines) is 1. The van der Waals surface area contributed by atoms with Crippen molar-refractivity contribution in [1.29, 1.82) is 0 Å². The first kappa shape index (κ1) is 14.2. The highest BCUT2D eigenvalue weighted by molar-refractivity contribution is 5.18. The first-order chi connectivity index (χ1) is 10.1. The van der Waals surface area contributed by atoms with Gasteiger partial charge in [0, 0.05) is 49.9 Å². The van der Waals surface area contributed by atoms with E-state index < -0.39 is 0 Å². The summed E-state index contributed by atoms with van der Waals surface area (Å²) in [6.07, 6.45) is 2.24. The predicted octanol–water partition coefficient (Wildman–Crippen LogP) is 1.72. The normalized spacial score (nSPS) is 22.8. The third-order valence-electron chi connectivity index (χ3n) is 4.13. The van der Waals surface area contributed by atoms with Crippen LogP contribution < -0.4 is 0 Å². The van der Waals surface area contributed by atoms with Gasteiger partial charge in [-0.25, -0.2) is 0 Å². The minimum atomic E-state index is -0.313. The summed E-state index contributed by atoms with van der Waals surface area (Å²) < 4.78 is 5.26. The van der Waals surface area contributed by atoms with Crippen LogP contribution in [0.25, 0.3) is 0 Å². The minimum Gasteiger partial charge on any atom is -0.391 e. The number of β-amino-alcohol motifs (C(OH)–C–C–N with tert-alkyl or cyclic N) is 1. The van der Waals surface area contributed by atoms with Gasteiger partial charge in [0.25, 0.3) is 0 Å². The van der Waals surface area contributed by atoms with Crippen LogP contribution in [0.3, 0.4) is 0 Å². The molecule has 2 aromatic rings. The van der Waals surface area contributed by atoms with Gasteiger partial charge >= 0.3 is 0 Å². The molecular weight excluding hydrogens is 266 g/mol. The largest absolute Gasteiger partial charge is 0.391 e. The van der Waals surface area contributed by atoms with Crippen molar-refractivity contribution in [1.82, 2.24) is 15.0 Å². The van der Waals surface area contributed by atoms with E-state index in [2.05, 4.69) is 21.1 Å². The van der Waals surface area contributed by atoms with E-state index in [1.807, 2.05) is 32.2 Å². The molecule has 1 aliphatic rings. The summed E-state index contributed by atoms with van der Waals surface area (Å²) in [7, 11) is 0. The first-order valence-corrected chi connectivity index (χ1v) is 7.35. The van der Waals surface area contributed by atoms with Crippen LogP contribution in [0.5, 0.6) is 0 Å². The molecule has 112 valence electrons. The summed E-state index contributed by atoms with van der Waals surface area (Å²) in [6.45, 7) is 6.34. The number of pyridine rings is 1. The van der Waals surface area contributed by atoms with E-state index in [1.165, 1.54) is 5.56 Å². The summed E-state index contributed by atoms with van der Waals surface area (Å²) in [5.41, 5.74) is 3.17. The second-order valence-corrected chi connectivity index (χ2v) is 5.91. The average molecular weight is 287 g/mol. The van der Waals surface area contributed by atoms with E-state index in [1.54, 1.807) is 0 Å². The summed E-state index contributed by atoms with van der Waals surface area (Å²) in [4.78, 5) is 6.60. The fraction of sp³-hybridized carbons (Fsp3) is 0.500. The zero-order valence-electron chi connectivity index (χ0n) is 12.5. The first-order valence-electron chi connectivity index (χ1n) is 7.35. The number of aryl methyl sites for hydroxylation is 2. The number of nitrogens with zero attached hydrogens (tertiary/aromatic N) is 3. The Morgan fingerprint density at radius 1 is 1.38 bits per heavy atom. The van der Waals surface area contributed by atoms with E-state index in [-0.39, 0.29) is 12.0 Å². The van der Waals surface area contributed by atoms with Gasteiger partial charge in [0.05, 0.1) is 11.8 Å². The van der Waals surface area contributed by atoms with Gasteiger partial charge in [0.2, 0.25) is 0 Å². The molecule has 1 saturated heterocycles. The molecule has 2 aromatic heterocycles. The SMILES string of the molecule is Cc1cc(C[C@@H]2CN(Cc3cccnc3C)C[C@H]2O)on1. The van der Waals surface area contributed by atoms with E-state index in [9.17, 15) is 5.11 Å². The van der Waals surface area contributed by atoms with Gasteiger partial charge in [-0.3, -0.25) is 9.88 Å². The fourth-order valence-electron chi connectivity index (χ4n) is 2.97. The Hall–Kier alpha value is -1.72. The van der Waals surface area contributed by atoms with E-state index in [4.69, 9.17) is 4.52 Å². The smallest absolute Gasteiger partial charge is 0.137 e. The van der Waals surface area contributed by atoms with Crippen LogP contribution in [0.4, 0.5) is 0 Å². The number of hydrogen-bond acceptors (Lipinski definition) is 5. The van der Waals surface area contributed by atoms with Gasteiger partial charge in [-0.2, -0.15) is 0 Å². The van der Waals surface area contributed by atoms with E-state index in [0.29, 0.717) is 6.54 Å². The predicted molar refractivity (Wildman–Crippen MR) is 78.7 cm³/mol. The Morgan fingerprint density at radius 3 is 2.95 bits per heavy atom. The number of hydrogen-bond donors (Lipinski definition) is 1. The molecule has 5 nitrogen and oxygen atoms in total. The maximum atomic E-state index is 10.3. The lowest BCUT2D eigenvalue weighted by Crippen LogP contribution is -2.22. The van der Waals surface area contributed by atoms with Crippen molar-refractivity contribution < 1.29 is 9.63 Å². The van der Waals surface area contributed by atoms with Crippen LogP contribution in [-0.2, 0) is 13.0 Å². The molecule has 0 unspecified atom stereocenters. The number of rotatable bonds is 4. The number of aliphatic hydroxyl groups excluding tert-OH is 1. The quantitative estimate of drug-likeness (QED) is 0.927. The van der Waals surface area contributed by atoms with Crippen LogP contribution in [-0.4, -0.2) is 39.3 Å². The summed E-state index contributed by atoms with van der Waals surface area (Å²) >= 11 is 0. The molecule has 0 amide bonds. The zero-order chi connectivity index (χ0) is 14.8. The molecule has 0 radical (unpaired) electrons. The van der Waals surface area contributed by atoms with Crippen molar-refractivity contribution in [3.05, 3.63) is 47.1 Å². The molecule has 1 fully saturated rings.